The summed E-state index contributed by atoms with van der Waals surface area (Å²) in [4.78, 5) is 4.09. The number of nitrogens with zero attached hydrogens (tertiary/aromatic N) is 1. The van der Waals surface area contributed by atoms with E-state index in [1.54, 1.807) is 42.6 Å². The Morgan fingerprint density at radius 2 is 1.50 bits per heavy atom. The lowest BCUT2D eigenvalue weighted by atomic mass is 10.2. The van der Waals surface area contributed by atoms with Crippen molar-refractivity contribution in [2.75, 3.05) is 0 Å². The lowest BCUT2D eigenvalue weighted by Gasteiger charge is -1.99. The van der Waals surface area contributed by atoms with Gasteiger partial charge in [-0.05, 0) is 36.4 Å². The molecule has 0 unspecified atom stereocenters. The van der Waals surface area contributed by atoms with E-state index in [0.717, 1.165) is 5.56 Å². The maximum atomic E-state index is 7.32. The number of amidine groups is 2. The third-order valence-corrected chi connectivity index (χ3v) is 3.04. The van der Waals surface area contributed by atoms with Crippen LogP contribution in [0.4, 0.5) is 0 Å². The second-order valence-corrected chi connectivity index (χ2v) is 4.59. The molecule has 0 amide bonds. The Kier molecular flexibility index (Phi) is 3.23. The first-order chi connectivity index (χ1) is 10.5. The van der Waals surface area contributed by atoms with Crippen LogP contribution in [0.2, 0.25) is 0 Å². The topological polar surface area (TPSA) is 139 Å². The predicted molar refractivity (Wildman–Crippen MR) is 81.7 cm³/mol. The van der Waals surface area contributed by atoms with E-state index in [1.807, 2.05) is 0 Å². The number of hydrogen-bond acceptors (Lipinski definition) is 5. The molecule has 110 valence electrons. The van der Waals surface area contributed by atoms with Gasteiger partial charge in [-0.2, -0.15) is 0 Å². The van der Waals surface area contributed by atoms with Crippen LogP contribution in [-0.4, -0.2) is 16.7 Å². The fraction of sp³-hybridized carbons (Fsp3) is 0. The van der Waals surface area contributed by atoms with E-state index >= 15 is 0 Å². The van der Waals surface area contributed by atoms with E-state index in [-0.39, 0.29) is 11.7 Å². The highest BCUT2D eigenvalue weighted by atomic mass is 16.4. The van der Waals surface area contributed by atoms with Gasteiger partial charge in [0, 0.05) is 11.8 Å². The number of rotatable bonds is 4. The number of pyridine rings is 1. The van der Waals surface area contributed by atoms with Gasteiger partial charge in [0.2, 0.25) is 0 Å². The van der Waals surface area contributed by atoms with Crippen LogP contribution < -0.4 is 11.5 Å². The Morgan fingerprint density at radius 1 is 0.818 bits per heavy atom. The second kappa shape index (κ2) is 5.21. The zero-order valence-electron chi connectivity index (χ0n) is 11.5. The summed E-state index contributed by atoms with van der Waals surface area (Å²) in [7, 11) is 0. The van der Waals surface area contributed by atoms with Gasteiger partial charge in [-0.15, -0.1) is 0 Å². The second-order valence-electron chi connectivity index (χ2n) is 4.59. The van der Waals surface area contributed by atoms with E-state index < -0.39 is 0 Å². The average molecular weight is 295 g/mol. The number of furan rings is 2. The first-order valence-corrected chi connectivity index (χ1v) is 6.40. The Bertz CT molecular complexity index is 845. The van der Waals surface area contributed by atoms with Gasteiger partial charge in [-0.3, -0.25) is 15.8 Å². The molecule has 3 aromatic rings. The van der Waals surface area contributed by atoms with Gasteiger partial charge in [0.05, 0.1) is 0 Å². The standard InChI is InChI=1S/C15H13N5O2/c16-14(17)9-2-1-8(7-20-9)10-3-4-11(21-10)12-5-6-13(22-12)15(18)19/h1-7H,(H3,16,17)(H3,18,19). The molecule has 0 aromatic carbocycles. The van der Waals surface area contributed by atoms with E-state index in [0.29, 0.717) is 28.7 Å². The minimum atomic E-state index is -0.137. The molecule has 0 aliphatic rings. The van der Waals surface area contributed by atoms with Crippen LogP contribution in [0.5, 0.6) is 0 Å². The number of nitrogens with two attached hydrogens (primary N) is 2. The average Bonchev–Trinajstić information content (AvgIpc) is 3.16. The molecule has 0 spiro atoms. The van der Waals surface area contributed by atoms with Crippen LogP contribution in [0.15, 0.2) is 51.4 Å². The zero-order valence-corrected chi connectivity index (χ0v) is 11.5. The fourth-order valence-corrected chi connectivity index (χ4v) is 1.94. The largest absolute Gasteiger partial charge is 0.453 e. The van der Waals surface area contributed by atoms with Gasteiger partial charge in [0.1, 0.15) is 17.3 Å². The Balaban J connectivity index is 1.89. The molecule has 6 N–H and O–H groups in total. The van der Waals surface area contributed by atoms with Gasteiger partial charge in [-0.25, -0.2) is 0 Å². The lowest BCUT2D eigenvalue weighted by Crippen LogP contribution is -2.12. The Morgan fingerprint density at radius 3 is 2.09 bits per heavy atom. The number of hydrogen-bond donors (Lipinski definition) is 4. The molecule has 0 aliphatic carbocycles. The smallest absolute Gasteiger partial charge is 0.170 e. The minimum absolute atomic E-state index is 0.0842. The van der Waals surface area contributed by atoms with Crippen LogP contribution in [0, 0.1) is 10.8 Å². The summed E-state index contributed by atoms with van der Waals surface area (Å²) in [5, 5.41) is 14.6. The quantitative estimate of drug-likeness (QED) is 0.431. The highest BCUT2D eigenvalue weighted by molar-refractivity contribution is 5.93. The molecule has 0 saturated heterocycles. The lowest BCUT2D eigenvalue weighted by molar-refractivity contribution is 0.525. The number of aromatic nitrogens is 1. The summed E-state index contributed by atoms with van der Waals surface area (Å²) < 4.78 is 11.1. The third-order valence-electron chi connectivity index (χ3n) is 3.04. The molecular formula is C15H13N5O2. The van der Waals surface area contributed by atoms with Crippen molar-refractivity contribution >= 4 is 11.7 Å². The monoisotopic (exact) mass is 295 g/mol. The molecule has 22 heavy (non-hydrogen) atoms. The zero-order chi connectivity index (χ0) is 15.7. The number of nitrogen functional groups attached to an aromatic ring is 2. The maximum absolute atomic E-state index is 7.32. The summed E-state index contributed by atoms with van der Waals surface area (Å²) in [5.74, 6) is 1.70. The minimum Gasteiger partial charge on any atom is -0.453 e. The highest BCUT2D eigenvalue weighted by Gasteiger charge is 2.12. The molecule has 7 heteroatoms. The third kappa shape index (κ3) is 2.47. The normalized spacial score (nSPS) is 10.5. The first kappa shape index (κ1) is 13.6. The summed E-state index contributed by atoms with van der Waals surface area (Å²) >= 11 is 0. The van der Waals surface area contributed by atoms with Gasteiger partial charge < -0.3 is 20.3 Å². The van der Waals surface area contributed by atoms with Crippen molar-refractivity contribution in [1.29, 1.82) is 10.8 Å². The van der Waals surface area contributed by atoms with Crippen LogP contribution in [0.3, 0.4) is 0 Å². The van der Waals surface area contributed by atoms with Crippen molar-refractivity contribution in [2.45, 2.75) is 0 Å². The van der Waals surface area contributed by atoms with Crippen molar-refractivity contribution in [3.05, 3.63) is 54.0 Å². The fourth-order valence-electron chi connectivity index (χ4n) is 1.94. The summed E-state index contributed by atoms with van der Waals surface area (Å²) in [6, 6.07) is 10.3. The molecule has 0 bridgehead atoms. The van der Waals surface area contributed by atoms with Gasteiger partial charge in [-0.1, -0.05) is 0 Å². The molecule has 0 atom stereocenters. The molecule has 3 rings (SSSR count). The molecule has 7 nitrogen and oxygen atoms in total. The molecule has 0 aliphatic heterocycles. The van der Waals surface area contributed by atoms with Crippen molar-refractivity contribution < 1.29 is 8.83 Å². The van der Waals surface area contributed by atoms with Crippen molar-refractivity contribution in [3.63, 3.8) is 0 Å². The van der Waals surface area contributed by atoms with Crippen molar-refractivity contribution in [2.24, 2.45) is 11.5 Å². The van der Waals surface area contributed by atoms with Crippen LogP contribution in [-0.2, 0) is 0 Å². The number of nitrogens with one attached hydrogen (secondary N) is 2. The highest BCUT2D eigenvalue weighted by Crippen LogP contribution is 2.29. The summed E-state index contributed by atoms with van der Waals surface area (Å²) in [5.41, 5.74) is 11.9. The molecule has 0 fully saturated rings. The molecule has 0 saturated carbocycles. The van der Waals surface area contributed by atoms with Crippen molar-refractivity contribution in [3.8, 4) is 22.8 Å². The summed E-state index contributed by atoms with van der Waals surface area (Å²) in [6.07, 6.45) is 1.59. The molecule has 3 aromatic heterocycles. The Hall–Kier alpha value is -3.35. The van der Waals surface area contributed by atoms with Crippen LogP contribution in [0.25, 0.3) is 22.8 Å². The predicted octanol–water partition coefficient (Wildman–Crippen LogP) is 2.17. The van der Waals surface area contributed by atoms with Crippen LogP contribution in [0.1, 0.15) is 11.5 Å². The molecule has 0 radical (unpaired) electrons. The SMILES string of the molecule is N=C(N)c1ccc(-c2ccc(-c3ccc(C(=N)N)o3)o2)cn1. The summed E-state index contributed by atoms with van der Waals surface area (Å²) in [6.45, 7) is 0. The van der Waals surface area contributed by atoms with Crippen LogP contribution >= 0.6 is 0 Å². The Labute approximate surface area is 125 Å². The van der Waals surface area contributed by atoms with E-state index in [1.165, 1.54) is 0 Å². The van der Waals surface area contributed by atoms with Gasteiger partial charge in [0.15, 0.2) is 23.1 Å². The van der Waals surface area contributed by atoms with Crippen molar-refractivity contribution in [1.82, 2.24) is 4.98 Å². The first-order valence-electron chi connectivity index (χ1n) is 6.40. The molecular weight excluding hydrogens is 282 g/mol. The van der Waals surface area contributed by atoms with E-state index in [2.05, 4.69) is 4.98 Å². The molecule has 3 heterocycles. The van der Waals surface area contributed by atoms with E-state index in [9.17, 15) is 0 Å². The van der Waals surface area contributed by atoms with E-state index in [4.69, 9.17) is 31.1 Å². The van der Waals surface area contributed by atoms with Gasteiger partial charge >= 0.3 is 0 Å². The maximum Gasteiger partial charge on any atom is 0.170 e. The van der Waals surface area contributed by atoms with Gasteiger partial charge in [0.25, 0.3) is 0 Å².